The summed E-state index contributed by atoms with van der Waals surface area (Å²) in [5.41, 5.74) is 2.72. The van der Waals surface area contributed by atoms with Crippen molar-refractivity contribution >= 4 is 18.9 Å². The number of hydrogen-bond acceptors (Lipinski definition) is 3. The van der Waals surface area contributed by atoms with Crippen LogP contribution in [0.4, 0.5) is 0 Å². The van der Waals surface area contributed by atoms with E-state index in [1.807, 2.05) is 26.0 Å². The van der Waals surface area contributed by atoms with Gasteiger partial charge in [0.25, 0.3) is 0 Å². The third-order valence-corrected chi connectivity index (χ3v) is 3.62. The number of aldehydes is 3. The molecular formula is C24H42O3. The van der Waals surface area contributed by atoms with E-state index in [0.29, 0.717) is 0 Å². The van der Waals surface area contributed by atoms with Gasteiger partial charge in [0.15, 0.2) is 0 Å². The molecule has 0 spiro atoms. The molecule has 0 unspecified atom stereocenters. The van der Waals surface area contributed by atoms with Crippen molar-refractivity contribution < 1.29 is 14.4 Å². The normalized spacial score (nSPS) is 11.6. The zero-order chi connectivity index (χ0) is 21.3. The van der Waals surface area contributed by atoms with E-state index >= 15 is 0 Å². The van der Waals surface area contributed by atoms with Crippen molar-refractivity contribution in [1.29, 1.82) is 0 Å². The molecule has 0 rings (SSSR count). The Morgan fingerprint density at radius 2 is 1.26 bits per heavy atom. The molecule has 0 saturated carbocycles. The molecule has 3 heteroatoms. The smallest absolute Gasteiger partial charge is 0.145 e. The minimum atomic E-state index is 0.822. The first-order valence-electron chi connectivity index (χ1n) is 10.4. The van der Waals surface area contributed by atoms with Crippen molar-refractivity contribution in [2.45, 2.75) is 99.3 Å². The third-order valence-electron chi connectivity index (χ3n) is 3.62. The summed E-state index contributed by atoms with van der Waals surface area (Å²) in [7, 11) is 0. The predicted molar refractivity (Wildman–Crippen MR) is 118 cm³/mol. The van der Waals surface area contributed by atoms with E-state index in [4.69, 9.17) is 0 Å². The Hall–Kier alpha value is -1.77. The lowest BCUT2D eigenvalue weighted by atomic mass is 10.1. The number of carbonyl (C=O) groups excluding carboxylic acids is 3. The maximum atomic E-state index is 10.4. The Morgan fingerprint density at radius 1 is 0.667 bits per heavy atom. The zero-order valence-corrected chi connectivity index (χ0v) is 18.6. The summed E-state index contributed by atoms with van der Waals surface area (Å²) in [6.45, 7) is 12.2. The molecule has 3 nitrogen and oxygen atoms in total. The van der Waals surface area contributed by atoms with Gasteiger partial charge in [0, 0.05) is 0 Å². The number of rotatable bonds is 12. The fourth-order valence-electron chi connectivity index (χ4n) is 1.96. The highest BCUT2D eigenvalue weighted by Gasteiger charge is 1.91. The second kappa shape index (κ2) is 26.5. The molecule has 0 fully saturated rings. The lowest BCUT2D eigenvalue weighted by molar-refractivity contribution is -0.105. The zero-order valence-electron chi connectivity index (χ0n) is 18.6. The number of hydrogen-bond donors (Lipinski definition) is 0. The molecule has 0 saturated heterocycles. The summed E-state index contributed by atoms with van der Waals surface area (Å²) in [4.78, 5) is 30.4. The summed E-state index contributed by atoms with van der Waals surface area (Å²) >= 11 is 0. The van der Waals surface area contributed by atoms with Gasteiger partial charge in [0.2, 0.25) is 0 Å². The van der Waals surface area contributed by atoms with Gasteiger partial charge in [-0.25, -0.2) is 0 Å². The van der Waals surface area contributed by atoms with Crippen LogP contribution in [0, 0.1) is 0 Å². The molecule has 156 valence electrons. The van der Waals surface area contributed by atoms with Crippen molar-refractivity contribution in [3.05, 3.63) is 34.9 Å². The second-order valence-corrected chi connectivity index (χ2v) is 6.30. The van der Waals surface area contributed by atoms with E-state index in [-0.39, 0.29) is 0 Å². The molecule has 0 amide bonds. The highest BCUT2D eigenvalue weighted by Crippen LogP contribution is 2.05. The second-order valence-electron chi connectivity index (χ2n) is 6.30. The van der Waals surface area contributed by atoms with E-state index in [1.54, 1.807) is 6.92 Å². The number of carbonyl (C=O) groups is 3. The molecule has 0 atom stereocenters. The average molecular weight is 379 g/mol. The molecule has 0 radical (unpaired) electrons. The van der Waals surface area contributed by atoms with Gasteiger partial charge >= 0.3 is 0 Å². The van der Waals surface area contributed by atoms with Gasteiger partial charge in [-0.15, -0.1) is 0 Å². The van der Waals surface area contributed by atoms with Crippen LogP contribution in [0.1, 0.15) is 99.3 Å². The molecule has 0 aromatic carbocycles. The molecule has 0 heterocycles. The fraction of sp³-hybridized carbons (Fsp3) is 0.625. The molecule has 0 aromatic rings. The summed E-state index contributed by atoms with van der Waals surface area (Å²) in [6.07, 6.45) is 18.2. The number of unbranched alkanes of at least 4 members (excludes halogenated alkanes) is 3. The highest BCUT2D eigenvalue weighted by molar-refractivity contribution is 5.73. The van der Waals surface area contributed by atoms with E-state index in [1.165, 1.54) is 12.8 Å². The molecule has 0 aliphatic carbocycles. The quantitative estimate of drug-likeness (QED) is 0.209. The molecule has 0 aliphatic rings. The first kappa shape index (κ1) is 30.0. The van der Waals surface area contributed by atoms with Crippen LogP contribution in [0.15, 0.2) is 34.9 Å². The Morgan fingerprint density at radius 3 is 1.59 bits per heavy atom. The molecular weight excluding hydrogens is 336 g/mol. The molecule has 0 aliphatic heterocycles. The van der Waals surface area contributed by atoms with Crippen LogP contribution in [0.25, 0.3) is 0 Å². The van der Waals surface area contributed by atoms with Crippen molar-refractivity contribution in [3.8, 4) is 0 Å². The van der Waals surface area contributed by atoms with Crippen LogP contribution in [0.2, 0.25) is 0 Å². The minimum absolute atomic E-state index is 0.822. The first-order valence-corrected chi connectivity index (χ1v) is 10.4. The van der Waals surface area contributed by atoms with E-state index < -0.39 is 0 Å². The number of allylic oxidation sites excluding steroid dienone is 6. The largest absolute Gasteiger partial charge is 0.298 e. The Labute approximate surface area is 168 Å². The van der Waals surface area contributed by atoms with Crippen LogP contribution in [0.5, 0.6) is 0 Å². The Balaban J connectivity index is -0.000000329. The van der Waals surface area contributed by atoms with Crippen LogP contribution in [-0.4, -0.2) is 18.9 Å². The third kappa shape index (κ3) is 26.6. The SMILES string of the molecule is CCC=C(C)C=O.CCCC=C(C=O)CC.CCCCC=C(C=O)CCC. The highest BCUT2D eigenvalue weighted by atomic mass is 16.1. The summed E-state index contributed by atoms with van der Waals surface area (Å²) < 4.78 is 0. The lowest BCUT2D eigenvalue weighted by Gasteiger charge is -1.95. The van der Waals surface area contributed by atoms with Gasteiger partial charge in [0.1, 0.15) is 18.9 Å². The van der Waals surface area contributed by atoms with Gasteiger partial charge in [-0.05, 0) is 55.7 Å². The van der Waals surface area contributed by atoms with E-state index in [9.17, 15) is 14.4 Å². The van der Waals surface area contributed by atoms with Crippen molar-refractivity contribution in [2.24, 2.45) is 0 Å². The van der Waals surface area contributed by atoms with Gasteiger partial charge in [-0.3, -0.25) is 14.4 Å². The molecule has 27 heavy (non-hydrogen) atoms. The topological polar surface area (TPSA) is 51.2 Å². The van der Waals surface area contributed by atoms with Crippen molar-refractivity contribution in [1.82, 2.24) is 0 Å². The molecule has 0 aromatic heterocycles. The molecule has 0 bridgehead atoms. The van der Waals surface area contributed by atoms with Crippen LogP contribution < -0.4 is 0 Å². The van der Waals surface area contributed by atoms with Gasteiger partial charge in [-0.1, -0.05) is 78.5 Å². The lowest BCUT2D eigenvalue weighted by Crippen LogP contribution is -1.83. The van der Waals surface area contributed by atoms with Gasteiger partial charge in [-0.2, -0.15) is 0 Å². The fourth-order valence-corrected chi connectivity index (χ4v) is 1.96. The minimum Gasteiger partial charge on any atom is -0.298 e. The summed E-state index contributed by atoms with van der Waals surface area (Å²) in [6, 6.07) is 0. The summed E-state index contributed by atoms with van der Waals surface area (Å²) in [5.74, 6) is 0. The maximum Gasteiger partial charge on any atom is 0.145 e. The molecule has 0 N–H and O–H groups in total. The maximum absolute atomic E-state index is 10.4. The van der Waals surface area contributed by atoms with E-state index in [2.05, 4.69) is 26.8 Å². The van der Waals surface area contributed by atoms with Gasteiger partial charge < -0.3 is 0 Å². The van der Waals surface area contributed by atoms with E-state index in [0.717, 1.165) is 80.5 Å². The first-order chi connectivity index (χ1) is 13.0. The van der Waals surface area contributed by atoms with Crippen molar-refractivity contribution in [2.75, 3.05) is 0 Å². The Bertz CT molecular complexity index is 443. The predicted octanol–water partition coefficient (Wildman–Crippen LogP) is 6.97. The monoisotopic (exact) mass is 378 g/mol. The average Bonchev–Trinajstić information content (AvgIpc) is 2.69. The summed E-state index contributed by atoms with van der Waals surface area (Å²) in [5, 5.41) is 0. The van der Waals surface area contributed by atoms with Crippen molar-refractivity contribution in [3.63, 3.8) is 0 Å². The standard InChI is InChI=1S/C10H18O.C8H14O.C6H10O/c1-3-5-6-8-10(9-11)7-4-2;1-3-5-6-8(4-2)7-9;1-3-4-6(2)5-7/h8-9H,3-7H2,1-2H3;6-7H,3-5H2,1-2H3;4-5H,3H2,1-2H3. The van der Waals surface area contributed by atoms with Crippen LogP contribution in [-0.2, 0) is 14.4 Å². The van der Waals surface area contributed by atoms with Gasteiger partial charge in [0.05, 0.1) is 0 Å². The van der Waals surface area contributed by atoms with Crippen LogP contribution in [0.3, 0.4) is 0 Å². The van der Waals surface area contributed by atoms with Crippen LogP contribution >= 0.6 is 0 Å². The Kier molecular flexibility index (Phi) is 29.4.